The summed E-state index contributed by atoms with van der Waals surface area (Å²) in [7, 11) is -3.05. The third-order valence-corrected chi connectivity index (χ3v) is 8.43. The van der Waals surface area contributed by atoms with Crippen molar-refractivity contribution in [2.45, 2.75) is 70.0 Å². The summed E-state index contributed by atoms with van der Waals surface area (Å²) in [6.07, 6.45) is -1.97. The van der Waals surface area contributed by atoms with E-state index in [0.29, 0.717) is 12.8 Å². The predicted molar refractivity (Wildman–Crippen MR) is 94.3 cm³/mol. The van der Waals surface area contributed by atoms with Crippen molar-refractivity contribution in [1.82, 2.24) is 0 Å². The normalized spacial score (nSPS) is 36.0. The van der Waals surface area contributed by atoms with E-state index >= 15 is 0 Å². The zero-order valence-electron chi connectivity index (χ0n) is 16.6. The number of carbonyl (C=O) groups is 3. The molecular formula is C18H26O9S. The van der Waals surface area contributed by atoms with Crippen LogP contribution in [-0.2, 0) is 42.9 Å². The molecule has 0 aromatic carbocycles. The molecular weight excluding hydrogens is 392 g/mol. The molecule has 6 atom stereocenters. The van der Waals surface area contributed by atoms with Crippen molar-refractivity contribution in [3.05, 3.63) is 0 Å². The highest BCUT2D eigenvalue weighted by Crippen LogP contribution is 2.62. The Morgan fingerprint density at radius 3 is 2.50 bits per heavy atom. The van der Waals surface area contributed by atoms with Crippen LogP contribution in [0, 0.1) is 17.3 Å². The lowest BCUT2D eigenvalue weighted by Gasteiger charge is -2.30. The molecule has 2 bridgehead atoms. The largest absolute Gasteiger partial charge is 0.468 e. The minimum absolute atomic E-state index is 0.0157. The lowest BCUT2D eigenvalue weighted by Crippen LogP contribution is -2.51. The molecule has 1 heterocycles. The lowest BCUT2D eigenvalue weighted by atomic mass is 9.84. The summed E-state index contributed by atoms with van der Waals surface area (Å²) in [6, 6.07) is 0. The molecule has 1 aliphatic heterocycles. The van der Waals surface area contributed by atoms with Gasteiger partial charge in [0.1, 0.15) is 12.2 Å². The van der Waals surface area contributed by atoms with Crippen LogP contribution in [0.15, 0.2) is 0 Å². The zero-order chi connectivity index (χ0) is 21.1. The van der Waals surface area contributed by atoms with Crippen LogP contribution in [0.25, 0.3) is 0 Å². The average molecular weight is 418 g/mol. The maximum Gasteiger partial charge on any atom is 0.347 e. The number of hydrogen-bond donors (Lipinski definition) is 0. The summed E-state index contributed by atoms with van der Waals surface area (Å²) in [5.41, 5.74) is -0.732. The summed E-state index contributed by atoms with van der Waals surface area (Å²) in [5.74, 6) is -3.09. The van der Waals surface area contributed by atoms with Crippen molar-refractivity contribution < 1.29 is 41.2 Å². The van der Waals surface area contributed by atoms with E-state index in [0.717, 1.165) is 7.11 Å². The molecule has 9 nitrogen and oxygen atoms in total. The third kappa shape index (κ3) is 2.83. The summed E-state index contributed by atoms with van der Waals surface area (Å²) in [4.78, 5) is 36.8. The fourth-order valence-corrected chi connectivity index (χ4v) is 6.36. The maximum absolute atomic E-state index is 12.5. The van der Waals surface area contributed by atoms with Crippen LogP contribution >= 0.6 is 0 Å². The molecule has 0 amide bonds. The molecule has 0 aromatic heterocycles. The minimum Gasteiger partial charge on any atom is -0.468 e. The van der Waals surface area contributed by atoms with Crippen LogP contribution in [-0.4, -0.2) is 56.5 Å². The number of rotatable bonds is 6. The van der Waals surface area contributed by atoms with Crippen molar-refractivity contribution in [2.24, 2.45) is 17.3 Å². The standard InChI is InChI=1S/C18H26O9S/c1-6-17(3,4)15(20)25-9(2)14(19)26-12-10-7-11-13(12)27-28(22,23)18(11,8-10)16(21)24-5/h9-13H,6-8H2,1-5H3. The van der Waals surface area contributed by atoms with Crippen LogP contribution in [0.4, 0.5) is 0 Å². The van der Waals surface area contributed by atoms with Gasteiger partial charge in [0.05, 0.1) is 12.5 Å². The highest BCUT2D eigenvalue weighted by Gasteiger charge is 2.77. The second-order valence-electron chi connectivity index (χ2n) is 8.39. The Kier molecular flexibility index (Phi) is 5.03. The summed E-state index contributed by atoms with van der Waals surface area (Å²) in [6.45, 7) is 6.68. The van der Waals surface area contributed by atoms with Gasteiger partial charge in [0, 0.05) is 11.8 Å². The number of carbonyl (C=O) groups excluding carboxylic acids is 3. The highest BCUT2D eigenvalue weighted by atomic mass is 32.2. The van der Waals surface area contributed by atoms with Crippen molar-refractivity contribution in [3.8, 4) is 0 Å². The zero-order valence-corrected chi connectivity index (χ0v) is 17.4. The van der Waals surface area contributed by atoms with E-state index < -0.39 is 62.4 Å². The van der Waals surface area contributed by atoms with E-state index in [1.165, 1.54) is 6.92 Å². The molecule has 6 unspecified atom stereocenters. The second kappa shape index (κ2) is 6.69. The molecule has 28 heavy (non-hydrogen) atoms. The fourth-order valence-electron chi connectivity index (χ4n) is 4.34. The molecule has 158 valence electrons. The molecule has 2 aliphatic carbocycles. The first kappa shape index (κ1) is 21.0. The van der Waals surface area contributed by atoms with E-state index in [1.54, 1.807) is 13.8 Å². The van der Waals surface area contributed by atoms with E-state index in [2.05, 4.69) is 0 Å². The Bertz CT molecular complexity index is 802. The van der Waals surface area contributed by atoms with Crippen molar-refractivity contribution in [1.29, 1.82) is 0 Å². The molecule has 0 aromatic rings. The van der Waals surface area contributed by atoms with Gasteiger partial charge >= 0.3 is 17.9 Å². The molecule has 0 radical (unpaired) electrons. The molecule has 3 fully saturated rings. The Balaban J connectivity index is 1.71. The van der Waals surface area contributed by atoms with Gasteiger partial charge < -0.3 is 14.2 Å². The smallest absolute Gasteiger partial charge is 0.347 e. The van der Waals surface area contributed by atoms with Gasteiger partial charge in [0.25, 0.3) is 10.1 Å². The minimum atomic E-state index is -4.19. The first-order valence-corrected chi connectivity index (χ1v) is 10.7. The van der Waals surface area contributed by atoms with E-state index in [4.69, 9.17) is 18.4 Å². The van der Waals surface area contributed by atoms with Crippen molar-refractivity contribution in [3.63, 3.8) is 0 Å². The van der Waals surface area contributed by atoms with Gasteiger partial charge in [-0.25, -0.2) is 4.79 Å². The van der Waals surface area contributed by atoms with Gasteiger partial charge in [-0.3, -0.25) is 13.8 Å². The van der Waals surface area contributed by atoms with Gasteiger partial charge in [-0.2, -0.15) is 8.42 Å². The van der Waals surface area contributed by atoms with Crippen LogP contribution in [0.3, 0.4) is 0 Å². The summed E-state index contributed by atoms with van der Waals surface area (Å²) in [5, 5.41) is 0. The highest BCUT2D eigenvalue weighted by molar-refractivity contribution is 7.89. The fraction of sp³-hybridized carbons (Fsp3) is 0.833. The van der Waals surface area contributed by atoms with E-state index in [1.807, 2.05) is 6.92 Å². The predicted octanol–water partition coefficient (Wildman–Crippen LogP) is 0.946. The first-order valence-electron chi connectivity index (χ1n) is 9.34. The molecule has 10 heteroatoms. The Morgan fingerprint density at radius 1 is 1.29 bits per heavy atom. The number of hydrogen-bond acceptors (Lipinski definition) is 9. The Hall–Kier alpha value is -1.68. The molecule has 2 saturated carbocycles. The van der Waals surface area contributed by atoms with Crippen LogP contribution in [0.5, 0.6) is 0 Å². The van der Waals surface area contributed by atoms with Crippen LogP contribution < -0.4 is 0 Å². The number of ether oxygens (including phenoxy) is 3. The SMILES string of the molecule is CCC(C)(C)C(=O)OC(C)C(=O)OC1C2CC3C1OS(=O)(=O)C3(C(=O)OC)C2. The monoisotopic (exact) mass is 418 g/mol. The number of fused-ring (bicyclic) bond motifs is 1. The quantitative estimate of drug-likeness (QED) is 0.352. The lowest BCUT2D eigenvalue weighted by molar-refractivity contribution is -0.179. The average Bonchev–Trinajstić information content (AvgIpc) is 3.22. The summed E-state index contributed by atoms with van der Waals surface area (Å²) < 4.78 is 43.9. The van der Waals surface area contributed by atoms with Crippen LogP contribution in [0.2, 0.25) is 0 Å². The third-order valence-electron chi connectivity index (χ3n) is 6.43. The topological polar surface area (TPSA) is 122 Å². The van der Waals surface area contributed by atoms with Crippen molar-refractivity contribution in [2.75, 3.05) is 7.11 Å². The van der Waals surface area contributed by atoms with E-state index in [-0.39, 0.29) is 12.3 Å². The van der Waals surface area contributed by atoms with Gasteiger partial charge in [-0.05, 0) is 40.0 Å². The molecule has 3 rings (SSSR count). The van der Waals surface area contributed by atoms with Crippen molar-refractivity contribution >= 4 is 28.0 Å². The van der Waals surface area contributed by atoms with Gasteiger partial charge in [0.15, 0.2) is 10.9 Å². The number of methoxy groups -OCH3 is 1. The van der Waals surface area contributed by atoms with Crippen LogP contribution in [0.1, 0.15) is 47.0 Å². The Labute approximate surface area is 164 Å². The molecule has 0 spiro atoms. The van der Waals surface area contributed by atoms with Gasteiger partial charge in [-0.15, -0.1) is 0 Å². The maximum atomic E-state index is 12.5. The summed E-state index contributed by atoms with van der Waals surface area (Å²) >= 11 is 0. The Morgan fingerprint density at radius 2 is 1.93 bits per heavy atom. The number of esters is 3. The first-order chi connectivity index (χ1) is 12.9. The second-order valence-corrected chi connectivity index (χ2v) is 10.2. The molecule has 0 N–H and O–H groups in total. The molecule has 3 aliphatic rings. The molecule has 1 saturated heterocycles. The van der Waals surface area contributed by atoms with Gasteiger partial charge in [0.2, 0.25) is 0 Å². The van der Waals surface area contributed by atoms with E-state index in [9.17, 15) is 22.8 Å². The van der Waals surface area contributed by atoms with Gasteiger partial charge in [-0.1, -0.05) is 6.92 Å².